The van der Waals surface area contributed by atoms with Gasteiger partial charge in [-0.2, -0.15) is 0 Å². The van der Waals surface area contributed by atoms with E-state index in [4.69, 9.17) is 0 Å². The number of carboxylic acids is 1. The van der Waals surface area contributed by atoms with Crippen molar-refractivity contribution < 1.29 is 14.7 Å². The van der Waals surface area contributed by atoms with E-state index in [1.54, 1.807) is 25.8 Å². The summed E-state index contributed by atoms with van der Waals surface area (Å²) in [6.07, 6.45) is 1.73. The summed E-state index contributed by atoms with van der Waals surface area (Å²) in [5, 5.41) is 12.3. The predicted molar refractivity (Wildman–Crippen MR) is 73.9 cm³/mol. The average molecular weight is 270 g/mol. The van der Waals surface area contributed by atoms with Gasteiger partial charge in [0.05, 0.1) is 11.0 Å². The number of rotatable bonds is 4. The van der Waals surface area contributed by atoms with E-state index >= 15 is 0 Å². The van der Waals surface area contributed by atoms with Crippen molar-refractivity contribution in [1.82, 2.24) is 10.2 Å². The molecule has 1 saturated heterocycles. The summed E-state index contributed by atoms with van der Waals surface area (Å²) in [6.45, 7) is 8.44. The first-order valence-electron chi connectivity index (χ1n) is 6.84. The number of carbonyl (C=O) groups is 2. The lowest BCUT2D eigenvalue weighted by molar-refractivity contribution is -0.154. The zero-order valence-electron chi connectivity index (χ0n) is 12.6. The molecule has 5 nitrogen and oxygen atoms in total. The number of hydrogen-bond acceptors (Lipinski definition) is 3. The first-order chi connectivity index (χ1) is 8.63. The predicted octanol–water partition coefficient (Wildman–Crippen LogP) is 1.33. The van der Waals surface area contributed by atoms with Gasteiger partial charge in [0.25, 0.3) is 0 Å². The molecule has 0 spiro atoms. The fourth-order valence-corrected chi connectivity index (χ4v) is 2.43. The topological polar surface area (TPSA) is 69.6 Å². The fraction of sp³-hybridized carbons (Fsp3) is 0.857. The van der Waals surface area contributed by atoms with E-state index < -0.39 is 16.9 Å². The van der Waals surface area contributed by atoms with Crippen molar-refractivity contribution in [3.8, 4) is 0 Å². The minimum Gasteiger partial charge on any atom is -0.481 e. The minimum absolute atomic E-state index is 0.00959. The van der Waals surface area contributed by atoms with Gasteiger partial charge in [-0.25, -0.2) is 0 Å². The van der Waals surface area contributed by atoms with Crippen LogP contribution in [0.1, 0.15) is 40.5 Å². The third kappa shape index (κ3) is 3.26. The molecule has 0 aromatic rings. The van der Waals surface area contributed by atoms with Crippen LogP contribution in [-0.2, 0) is 9.59 Å². The number of nitrogens with zero attached hydrogens (tertiary/aromatic N) is 1. The number of nitrogens with one attached hydrogen (secondary N) is 1. The molecular formula is C14H26N2O3. The minimum atomic E-state index is -0.792. The van der Waals surface area contributed by atoms with Crippen LogP contribution in [0, 0.1) is 11.3 Å². The molecule has 0 aliphatic carbocycles. The van der Waals surface area contributed by atoms with Crippen molar-refractivity contribution in [2.45, 2.75) is 46.1 Å². The van der Waals surface area contributed by atoms with E-state index in [9.17, 15) is 14.7 Å². The van der Waals surface area contributed by atoms with Gasteiger partial charge in [-0.05, 0) is 53.5 Å². The highest BCUT2D eigenvalue weighted by atomic mass is 16.4. The van der Waals surface area contributed by atoms with Gasteiger partial charge in [0, 0.05) is 13.1 Å². The van der Waals surface area contributed by atoms with Crippen molar-refractivity contribution in [2.75, 3.05) is 20.1 Å². The lowest BCUT2D eigenvalue weighted by Crippen LogP contribution is -2.56. The summed E-state index contributed by atoms with van der Waals surface area (Å²) in [5.74, 6) is -0.740. The Balaban J connectivity index is 2.81. The van der Waals surface area contributed by atoms with Gasteiger partial charge in [0.1, 0.15) is 0 Å². The quantitative estimate of drug-likeness (QED) is 0.808. The lowest BCUT2D eigenvalue weighted by Gasteiger charge is -2.41. The lowest BCUT2D eigenvalue weighted by atomic mass is 9.74. The van der Waals surface area contributed by atoms with Crippen LogP contribution in [0.3, 0.4) is 0 Å². The number of amides is 1. The van der Waals surface area contributed by atoms with Gasteiger partial charge < -0.3 is 15.3 Å². The maximum Gasteiger partial charge on any atom is 0.309 e. The number of likely N-dealkylation sites (N-methyl/N-ethyl adjacent to an activating group) is 1. The largest absolute Gasteiger partial charge is 0.481 e. The monoisotopic (exact) mass is 270 g/mol. The number of hydrogen-bond donors (Lipinski definition) is 2. The zero-order valence-corrected chi connectivity index (χ0v) is 12.6. The Bertz CT molecular complexity index is 364. The SMILES string of the molecule is CNC(C)(C)C(=O)N1CCCC(C(C)(C)C(=O)O)C1. The molecule has 0 aromatic carbocycles. The summed E-state index contributed by atoms with van der Waals surface area (Å²) < 4.78 is 0. The smallest absolute Gasteiger partial charge is 0.309 e. The van der Waals surface area contributed by atoms with E-state index in [1.165, 1.54) is 0 Å². The van der Waals surface area contributed by atoms with Crippen LogP contribution in [0.4, 0.5) is 0 Å². The molecule has 1 unspecified atom stereocenters. The van der Waals surface area contributed by atoms with Gasteiger partial charge in [-0.15, -0.1) is 0 Å². The van der Waals surface area contributed by atoms with E-state index in [0.29, 0.717) is 6.54 Å². The Morgan fingerprint density at radius 1 is 1.26 bits per heavy atom. The van der Waals surface area contributed by atoms with Crippen LogP contribution in [0.25, 0.3) is 0 Å². The highest BCUT2D eigenvalue weighted by Gasteiger charge is 2.41. The molecule has 5 heteroatoms. The normalized spacial score (nSPS) is 21.3. The molecule has 0 saturated carbocycles. The molecule has 0 bridgehead atoms. The number of aliphatic carboxylic acids is 1. The highest BCUT2D eigenvalue weighted by molar-refractivity contribution is 5.85. The second-order valence-corrected chi connectivity index (χ2v) is 6.49. The van der Waals surface area contributed by atoms with Gasteiger partial charge in [-0.1, -0.05) is 0 Å². The van der Waals surface area contributed by atoms with E-state index in [2.05, 4.69) is 5.32 Å². The van der Waals surface area contributed by atoms with Crippen LogP contribution < -0.4 is 5.32 Å². The van der Waals surface area contributed by atoms with Crippen molar-refractivity contribution in [3.05, 3.63) is 0 Å². The van der Waals surface area contributed by atoms with E-state index in [-0.39, 0.29) is 11.8 Å². The van der Waals surface area contributed by atoms with Gasteiger partial charge in [0.15, 0.2) is 0 Å². The Kier molecular flexibility index (Phi) is 4.61. The molecule has 1 atom stereocenters. The first-order valence-corrected chi connectivity index (χ1v) is 6.84. The molecule has 1 fully saturated rings. The fourth-order valence-electron chi connectivity index (χ4n) is 2.43. The molecule has 0 aromatic heterocycles. The van der Waals surface area contributed by atoms with Crippen molar-refractivity contribution in [3.63, 3.8) is 0 Å². The van der Waals surface area contributed by atoms with Crippen molar-refractivity contribution in [2.24, 2.45) is 11.3 Å². The van der Waals surface area contributed by atoms with Crippen LogP contribution >= 0.6 is 0 Å². The number of carboxylic acid groups (broad SMARTS) is 1. The third-order valence-corrected chi connectivity index (χ3v) is 4.44. The van der Waals surface area contributed by atoms with Gasteiger partial charge in [-0.3, -0.25) is 9.59 Å². The zero-order chi connectivity index (χ0) is 14.8. The summed E-state index contributed by atoms with van der Waals surface area (Å²) in [4.78, 5) is 25.5. The Hall–Kier alpha value is -1.10. The molecule has 2 N–H and O–H groups in total. The number of piperidine rings is 1. The molecule has 1 amide bonds. The van der Waals surface area contributed by atoms with Gasteiger partial charge >= 0.3 is 5.97 Å². The Morgan fingerprint density at radius 2 is 1.84 bits per heavy atom. The molecular weight excluding hydrogens is 244 g/mol. The highest BCUT2D eigenvalue weighted by Crippen LogP contribution is 2.34. The summed E-state index contributed by atoms with van der Waals surface area (Å²) >= 11 is 0. The summed E-state index contributed by atoms with van der Waals surface area (Å²) in [5.41, 5.74) is -1.39. The van der Waals surface area contributed by atoms with E-state index in [0.717, 1.165) is 19.4 Å². The van der Waals surface area contributed by atoms with Crippen LogP contribution in [0.5, 0.6) is 0 Å². The molecule has 1 rings (SSSR count). The summed E-state index contributed by atoms with van der Waals surface area (Å²) in [6, 6.07) is 0. The summed E-state index contributed by atoms with van der Waals surface area (Å²) in [7, 11) is 1.76. The number of carbonyl (C=O) groups excluding carboxylic acids is 1. The van der Waals surface area contributed by atoms with Gasteiger partial charge in [0.2, 0.25) is 5.91 Å². The van der Waals surface area contributed by atoms with Crippen LogP contribution in [-0.4, -0.2) is 47.6 Å². The van der Waals surface area contributed by atoms with Crippen molar-refractivity contribution >= 4 is 11.9 Å². The van der Waals surface area contributed by atoms with E-state index in [1.807, 2.05) is 13.8 Å². The maximum atomic E-state index is 12.4. The molecule has 19 heavy (non-hydrogen) atoms. The Morgan fingerprint density at radius 3 is 2.32 bits per heavy atom. The van der Waals surface area contributed by atoms with Crippen LogP contribution in [0.2, 0.25) is 0 Å². The standard InChI is InChI=1S/C14H26N2O3/c1-13(2,12(18)19)10-7-6-8-16(9-10)11(17)14(3,4)15-5/h10,15H,6-9H2,1-5H3,(H,18,19). The molecule has 110 valence electrons. The molecule has 1 aliphatic heterocycles. The second kappa shape index (κ2) is 5.49. The third-order valence-electron chi connectivity index (χ3n) is 4.44. The molecule has 0 radical (unpaired) electrons. The second-order valence-electron chi connectivity index (χ2n) is 6.49. The number of likely N-dealkylation sites (tertiary alicyclic amines) is 1. The average Bonchev–Trinajstić information content (AvgIpc) is 2.37. The van der Waals surface area contributed by atoms with Crippen LogP contribution in [0.15, 0.2) is 0 Å². The Labute approximate surface area is 115 Å². The molecule has 1 aliphatic rings. The molecule has 1 heterocycles. The first kappa shape index (κ1) is 16.0. The van der Waals surface area contributed by atoms with Crippen molar-refractivity contribution in [1.29, 1.82) is 0 Å². The maximum absolute atomic E-state index is 12.4.